The Bertz CT molecular complexity index is 664. The van der Waals surface area contributed by atoms with Crippen molar-refractivity contribution in [2.24, 2.45) is 0 Å². The molecule has 0 saturated carbocycles. The molecule has 0 bridgehead atoms. The number of aromatic amines is 1. The fourth-order valence-corrected chi connectivity index (χ4v) is 3.02. The van der Waals surface area contributed by atoms with Crippen molar-refractivity contribution in [3.8, 4) is 0 Å². The number of anilines is 1. The highest BCUT2D eigenvalue weighted by molar-refractivity contribution is 5.76. The van der Waals surface area contributed by atoms with Gasteiger partial charge in [0.2, 0.25) is 5.91 Å². The van der Waals surface area contributed by atoms with Crippen LogP contribution < -0.4 is 10.2 Å². The lowest BCUT2D eigenvalue weighted by atomic mass is 10.1. The summed E-state index contributed by atoms with van der Waals surface area (Å²) in [5, 5.41) is 9.73. The molecule has 0 spiro atoms. The van der Waals surface area contributed by atoms with Gasteiger partial charge in [-0.25, -0.2) is 4.98 Å². The van der Waals surface area contributed by atoms with E-state index in [0.29, 0.717) is 13.0 Å². The fourth-order valence-electron chi connectivity index (χ4n) is 3.02. The highest BCUT2D eigenvalue weighted by Gasteiger charge is 2.18. The van der Waals surface area contributed by atoms with Crippen molar-refractivity contribution in [1.29, 1.82) is 0 Å². The molecule has 7 heteroatoms. The second-order valence-corrected chi connectivity index (χ2v) is 6.51. The van der Waals surface area contributed by atoms with E-state index in [0.717, 1.165) is 56.0 Å². The van der Waals surface area contributed by atoms with E-state index in [1.165, 1.54) is 0 Å². The molecule has 3 rings (SSSR count). The Hall–Kier alpha value is -2.41. The van der Waals surface area contributed by atoms with Crippen molar-refractivity contribution in [1.82, 2.24) is 25.4 Å². The number of aryl methyl sites for hydroxylation is 1. The Morgan fingerprint density at radius 1 is 1.32 bits per heavy atom. The summed E-state index contributed by atoms with van der Waals surface area (Å²) >= 11 is 0. The minimum absolute atomic E-state index is 0.0803. The van der Waals surface area contributed by atoms with Gasteiger partial charge in [-0.1, -0.05) is 6.07 Å². The standard InChI is InChI=1S/C18H26N6O/c1-23-8-10-24(11-9-23)18-16(5-3-7-19-18)14-20-17(25)6-2-4-15-12-21-22-13-15/h3,5,7,12-13H,2,4,6,8-11,14H2,1H3,(H,20,25)(H,21,22). The highest BCUT2D eigenvalue weighted by Crippen LogP contribution is 2.18. The summed E-state index contributed by atoms with van der Waals surface area (Å²) in [6.45, 7) is 4.55. The molecule has 2 N–H and O–H groups in total. The molecule has 1 fully saturated rings. The predicted molar refractivity (Wildman–Crippen MR) is 97.3 cm³/mol. The van der Waals surface area contributed by atoms with Gasteiger partial charge in [-0.3, -0.25) is 9.89 Å². The molecule has 3 heterocycles. The summed E-state index contributed by atoms with van der Waals surface area (Å²) in [6, 6.07) is 3.98. The van der Waals surface area contributed by atoms with E-state index in [1.54, 1.807) is 6.20 Å². The van der Waals surface area contributed by atoms with Gasteiger partial charge >= 0.3 is 0 Å². The molecule has 7 nitrogen and oxygen atoms in total. The van der Waals surface area contributed by atoms with Crippen LogP contribution in [0.15, 0.2) is 30.7 Å². The van der Waals surface area contributed by atoms with E-state index in [4.69, 9.17) is 0 Å². The van der Waals surface area contributed by atoms with E-state index in [1.807, 2.05) is 24.5 Å². The Labute approximate surface area is 148 Å². The van der Waals surface area contributed by atoms with Crippen molar-refractivity contribution in [2.75, 3.05) is 38.1 Å². The molecule has 0 aromatic carbocycles. The number of likely N-dealkylation sites (N-methyl/N-ethyl adjacent to an activating group) is 1. The van der Waals surface area contributed by atoms with E-state index in [2.05, 4.69) is 37.3 Å². The number of carbonyl (C=O) groups is 1. The van der Waals surface area contributed by atoms with Crippen molar-refractivity contribution >= 4 is 11.7 Å². The van der Waals surface area contributed by atoms with E-state index < -0.39 is 0 Å². The lowest BCUT2D eigenvalue weighted by Gasteiger charge is -2.34. The number of hydrogen-bond donors (Lipinski definition) is 2. The van der Waals surface area contributed by atoms with Crippen LogP contribution in [-0.4, -0.2) is 59.2 Å². The van der Waals surface area contributed by atoms with Gasteiger partial charge in [0, 0.05) is 57.1 Å². The number of H-pyrrole nitrogens is 1. The number of nitrogens with one attached hydrogen (secondary N) is 2. The second kappa shape index (κ2) is 8.62. The Kier molecular flexibility index (Phi) is 6.00. The third-order valence-corrected chi connectivity index (χ3v) is 4.57. The van der Waals surface area contributed by atoms with Gasteiger partial charge in [-0.05, 0) is 31.5 Å². The van der Waals surface area contributed by atoms with Crippen molar-refractivity contribution < 1.29 is 4.79 Å². The van der Waals surface area contributed by atoms with Crippen molar-refractivity contribution in [3.63, 3.8) is 0 Å². The highest BCUT2D eigenvalue weighted by atomic mass is 16.1. The van der Waals surface area contributed by atoms with Gasteiger partial charge < -0.3 is 15.1 Å². The van der Waals surface area contributed by atoms with Gasteiger partial charge in [-0.2, -0.15) is 5.10 Å². The number of aromatic nitrogens is 3. The molecule has 0 unspecified atom stereocenters. The summed E-state index contributed by atoms with van der Waals surface area (Å²) < 4.78 is 0. The Balaban J connectivity index is 1.48. The lowest BCUT2D eigenvalue weighted by molar-refractivity contribution is -0.121. The SMILES string of the molecule is CN1CCN(c2ncccc2CNC(=O)CCCc2cn[nH]c2)CC1. The first kappa shape index (κ1) is 17.4. The maximum absolute atomic E-state index is 12.1. The van der Waals surface area contributed by atoms with Crippen LogP contribution in [-0.2, 0) is 17.8 Å². The number of carbonyl (C=O) groups excluding carboxylic acids is 1. The van der Waals surface area contributed by atoms with Crippen molar-refractivity contribution in [2.45, 2.75) is 25.8 Å². The average Bonchev–Trinajstić information content (AvgIpc) is 3.14. The number of hydrogen-bond acceptors (Lipinski definition) is 5. The van der Waals surface area contributed by atoms with E-state index in [9.17, 15) is 4.79 Å². The Morgan fingerprint density at radius 2 is 2.16 bits per heavy atom. The molecule has 1 aliphatic heterocycles. The van der Waals surface area contributed by atoms with Crippen LogP contribution in [0.5, 0.6) is 0 Å². The topological polar surface area (TPSA) is 77.2 Å². The van der Waals surface area contributed by atoms with Crippen LogP contribution in [0.2, 0.25) is 0 Å². The first-order chi connectivity index (χ1) is 12.2. The van der Waals surface area contributed by atoms with Gasteiger partial charge in [0.25, 0.3) is 0 Å². The van der Waals surface area contributed by atoms with Gasteiger partial charge in [-0.15, -0.1) is 0 Å². The zero-order chi connectivity index (χ0) is 17.5. The van der Waals surface area contributed by atoms with Gasteiger partial charge in [0.15, 0.2) is 0 Å². The average molecular weight is 342 g/mol. The summed E-state index contributed by atoms with van der Waals surface area (Å²) in [5.41, 5.74) is 2.22. The fraction of sp³-hybridized carbons (Fsp3) is 0.500. The maximum atomic E-state index is 12.1. The van der Waals surface area contributed by atoms with Crippen LogP contribution in [0.25, 0.3) is 0 Å². The third-order valence-electron chi connectivity index (χ3n) is 4.57. The minimum atomic E-state index is 0.0803. The Morgan fingerprint density at radius 3 is 2.92 bits per heavy atom. The van der Waals surface area contributed by atoms with Gasteiger partial charge in [0.1, 0.15) is 5.82 Å². The van der Waals surface area contributed by atoms with Crippen LogP contribution in [0, 0.1) is 0 Å². The van der Waals surface area contributed by atoms with E-state index in [-0.39, 0.29) is 5.91 Å². The molecule has 2 aromatic heterocycles. The monoisotopic (exact) mass is 342 g/mol. The molecular formula is C18H26N6O. The summed E-state index contributed by atoms with van der Waals surface area (Å²) in [5.74, 6) is 1.07. The molecular weight excluding hydrogens is 316 g/mol. The van der Waals surface area contributed by atoms with Crippen LogP contribution in [0.4, 0.5) is 5.82 Å². The molecule has 0 aliphatic carbocycles. The number of rotatable bonds is 7. The van der Waals surface area contributed by atoms with E-state index >= 15 is 0 Å². The summed E-state index contributed by atoms with van der Waals surface area (Å²) in [7, 11) is 2.14. The largest absolute Gasteiger partial charge is 0.354 e. The predicted octanol–water partition coefficient (Wildman–Crippen LogP) is 1.20. The van der Waals surface area contributed by atoms with Crippen LogP contribution in [0.3, 0.4) is 0 Å². The normalized spacial score (nSPS) is 15.3. The zero-order valence-electron chi connectivity index (χ0n) is 14.7. The molecule has 1 saturated heterocycles. The van der Waals surface area contributed by atoms with Crippen LogP contribution >= 0.6 is 0 Å². The van der Waals surface area contributed by atoms with Crippen LogP contribution in [0.1, 0.15) is 24.0 Å². The zero-order valence-corrected chi connectivity index (χ0v) is 14.7. The third kappa shape index (κ3) is 5.03. The quantitative estimate of drug-likeness (QED) is 0.790. The molecule has 2 aromatic rings. The minimum Gasteiger partial charge on any atom is -0.354 e. The number of piperazine rings is 1. The smallest absolute Gasteiger partial charge is 0.220 e. The summed E-state index contributed by atoms with van der Waals surface area (Å²) in [4.78, 5) is 21.3. The lowest BCUT2D eigenvalue weighted by Crippen LogP contribution is -2.45. The molecule has 1 amide bonds. The molecule has 134 valence electrons. The maximum Gasteiger partial charge on any atom is 0.220 e. The number of amides is 1. The van der Waals surface area contributed by atoms with Crippen molar-refractivity contribution in [3.05, 3.63) is 41.9 Å². The first-order valence-electron chi connectivity index (χ1n) is 8.84. The molecule has 1 aliphatic rings. The summed E-state index contributed by atoms with van der Waals surface area (Å²) in [6.07, 6.45) is 7.71. The van der Waals surface area contributed by atoms with Gasteiger partial charge in [0.05, 0.1) is 6.20 Å². The molecule has 25 heavy (non-hydrogen) atoms. The molecule has 0 radical (unpaired) electrons. The molecule has 0 atom stereocenters. The first-order valence-corrected chi connectivity index (χ1v) is 8.84. The number of nitrogens with zero attached hydrogens (tertiary/aromatic N) is 4. The number of pyridine rings is 1. The second-order valence-electron chi connectivity index (χ2n) is 6.51.